The Bertz CT molecular complexity index is 1630. The van der Waals surface area contributed by atoms with Gasteiger partial charge in [-0.25, -0.2) is 4.79 Å². The number of carbonyl (C=O) groups excluding carboxylic acids is 1. The van der Waals surface area contributed by atoms with Crippen LogP contribution < -0.4 is 5.32 Å². The number of carboxylic acid groups (broad SMARTS) is 1. The summed E-state index contributed by atoms with van der Waals surface area (Å²) in [7, 11) is 2.19. The number of allylic oxidation sites excluding steroid dienone is 3. The van der Waals surface area contributed by atoms with E-state index in [4.69, 9.17) is 6.42 Å². The van der Waals surface area contributed by atoms with Gasteiger partial charge < -0.3 is 15.3 Å². The van der Waals surface area contributed by atoms with E-state index >= 15 is 0 Å². The molecule has 7 rings (SSSR count). The van der Waals surface area contributed by atoms with Crippen LogP contribution in [0.3, 0.4) is 0 Å². The minimum Gasteiger partial charge on any atom is -0.478 e. The quantitative estimate of drug-likeness (QED) is 0.224. The van der Waals surface area contributed by atoms with Crippen LogP contribution in [0.5, 0.6) is 0 Å². The summed E-state index contributed by atoms with van der Waals surface area (Å²) in [4.78, 5) is 31.0. The fourth-order valence-electron chi connectivity index (χ4n) is 14.0. The highest BCUT2D eigenvalue weighted by Gasteiger charge is 2.72. The van der Waals surface area contributed by atoms with E-state index < -0.39 is 5.97 Å². The first-order chi connectivity index (χ1) is 24.1. The zero-order valence-electron chi connectivity index (χ0n) is 32.3. The summed E-state index contributed by atoms with van der Waals surface area (Å²) in [5, 5.41) is 13.0. The Morgan fingerprint density at radius 3 is 2.31 bits per heavy atom. The standard InChI is InChI=1S/C45H63N3O3/c1-9-45-23-22-44(40(51)46-24-25-48-28-26-47(8)27-29-48)21-16-33(30(2)3)38(44)35(45)14-15-37-42(6)19-17-34(31-10-12-32(13-11-31)39(49)50)41(4,5)36(42)18-20-43(37,45)7/h1,10-13,17,33,35-38H,2,14-16,18-29H2,3-8H3,(H,46,51)(H,49,50). The van der Waals surface area contributed by atoms with E-state index in [1.807, 2.05) is 12.1 Å². The summed E-state index contributed by atoms with van der Waals surface area (Å²) in [6, 6.07) is 7.50. The van der Waals surface area contributed by atoms with Gasteiger partial charge >= 0.3 is 5.97 Å². The van der Waals surface area contributed by atoms with Crippen molar-refractivity contribution in [1.29, 1.82) is 0 Å². The average molecular weight is 694 g/mol. The molecule has 6 heteroatoms. The summed E-state index contributed by atoms with van der Waals surface area (Å²) in [5.41, 5.74) is 3.49. The van der Waals surface area contributed by atoms with E-state index in [1.54, 1.807) is 12.1 Å². The molecule has 1 saturated heterocycles. The van der Waals surface area contributed by atoms with Crippen LogP contribution in [-0.4, -0.2) is 73.1 Å². The van der Waals surface area contributed by atoms with Crippen LogP contribution in [0.25, 0.3) is 5.57 Å². The molecular formula is C45H63N3O3. The predicted octanol–water partition coefficient (Wildman–Crippen LogP) is 8.01. The number of carboxylic acids is 1. The van der Waals surface area contributed by atoms with Crippen molar-refractivity contribution in [3.8, 4) is 12.3 Å². The van der Waals surface area contributed by atoms with E-state index in [-0.39, 0.29) is 38.9 Å². The van der Waals surface area contributed by atoms with Gasteiger partial charge in [0.1, 0.15) is 0 Å². The third-order valence-electron chi connectivity index (χ3n) is 16.5. The summed E-state index contributed by atoms with van der Waals surface area (Å²) >= 11 is 0. The number of benzene rings is 1. The van der Waals surface area contributed by atoms with E-state index in [2.05, 4.69) is 75.4 Å². The van der Waals surface area contributed by atoms with Gasteiger partial charge in [-0.3, -0.25) is 9.69 Å². The molecule has 5 aliphatic carbocycles. The molecule has 1 amide bonds. The number of nitrogens with zero attached hydrogens (tertiary/aromatic N) is 2. The molecule has 0 spiro atoms. The van der Waals surface area contributed by atoms with Crippen molar-refractivity contribution in [3.05, 3.63) is 53.6 Å². The normalized spacial score (nSPS) is 40.4. The lowest BCUT2D eigenvalue weighted by Crippen LogP contribution is -2.67. The Labute approximate surface area is 307 Å². The second-order valence-electron chi connectivity index (χ2n) is 18.9. The largest absolute Gasteiger partial charge is 0.478 e. The first-order valence-electron chi connectivity index (χ1n) is 20.0. The molecule has 276 valence electrons. The van der Waals surface area contributed by atoms with Gasteiger partial charge in [-0.05, 0) is 141 Å². The molecule has 0 aromatic heterocycles. The van der Waals surface area contributed by atoms with E-state index in [9.17, 15) is 14.7 Å². The predicted molar refractivity (Wildman–Crippen MR) is 206 cm³/mol. The summed E-state index contributed by atoms with van der Waals surface area (Å²) in [6.07, 6.45) is 18.7. The molecule has 1 heterocycles. The Kier molecular flexibility index (Phi) is 9.23. The van der Waals surface area contributed by atoms with Gasteiger partial charge in [0.2, 0.25) is 5.91 Å². The second-order valence-corrected chi connectivity index (χ2v) is 18.9. The van der Waals surface area contributed by atoms with E-state index in [0.29, 0.717) is 35.8 Å². The van der Waals surface area contributed by atoms with Gasteiger partial charge in [-0.15, -0.1) is 6.42 Å². The van der Waals surface area contributed by atoms with Crippen molar-refractivity contribution >= 4 is 17.4 Å². The highest BCUT2D eigenvalue weighted by Crippen LogP contribution is 2.77. The number of hydrogen-bond donors (Lipinski definition) is 2. The lowest BCUT2D eigenvalue weighted by atomic mass is 9.32. The van der Waals surface area contributed by atoms with Gasteiger partial charge in [0.25, 0.3) is 0 Å². The maximum Gasteiger partial charge on any atom is 0.335 e. The zero-order valence-corrected chi connectivity index (χ0v) is 32.3. The van der Waals surface area contributed by atoms with Crippen LogP contribution >= 0.6 is 0 Å². The number of carbonyl (C=O) groups is 2. The van der Waals surface area contributed by atoms with Crippen LogP contribution in [0.1, 0.15) is 108 Å². The van der Waals surface area contributed by atoms with Crippen LogP contribution in [0.2, 0.25) is 0 Å². The first kappa shape index (κ1) is 36.5. The molecule has 9 atom stereocenters. The van der Waals surface area contributed by atoms with Crippen molar-refractivity contribution < 1.29 is 14.7 Å². The maximum absolute atomic E-state index is 14.5. The molecule has 1 aromatic carbocycles. The van der Waals surface area contributed by atoms with Gasteiger partial charge in [0, 0.05) is 44.7 Å². The third kappa shape index (κ3) is 5.41. The number of nitrogens with one attached hydrogen (secondary N) is 1. The molecule has 6 nitrogen and oxygen atoms in total. The van der Waals surface area contributed by atoms with Crippen LogP contribution in [0.15, 0.2) is 42.5 Å². The smallest absolute Gasteiger partial charge is 0.335 e. The Hall–Kier alpha value is -2.88. The average Bonchev–Trinajstić information content (AvgIpc) is 3.50. The fraction of sp³-hybridized carbons (Fsp3) is 0.689. The molecule has 5 fully saturated rings. The number of hydrogen-bond acceptors (Lipinski definition) is 4. The Morgan fingerprint density at radius 1 is 0.961 bits per heavy atom. The molecule has 1 aromatic rings. The molecule has 1 aliphatic heterocycles. The van der Waals surface area contributed by atoms with E-state index in [1.165, 1.54) is 11.1 Å². The van der Waals surface area contributed by atoms with Crippen molar-refractivity contribution in [2.45, 2.75) is 92.4 Å². The number of piperazine rings is 1. The lowest BCUT2D eigenvalue weighted by molar-refractivity contribution is -0.209. The first-order valence-corrected chi connectivity index (χ1v) is 20.0. The number of likely N-dealkylation sites (N-methyl/N-ethyl adjacent to an activating group) is 1. The van der Waals surface area contributed by atoms with Crippen LogP contribution in [-0.2, 0) is 4.79 Å². The number of rotatable bonds is 7. The highest BCUT2D eigenvalue weighted by molar-refractivity contribution is 5.88. The summed E-state index contributed by atoms with van der Waals surface area (Å²) < 4.78 is 0. The second kappa shape index (κ2) is 12.9. The summed E-state index contributed by atoms with van der Waals surface area (Å²) in [5.74, 6) is 4.92. The number of aromatic carboxylic acids is 1. The maximum atomic E-state index is 14.5. The van der Waals surface area contributed by atoms with Gasteiger partial charge in [-0.2, -0.15) is 0 Å². The third-order valence-corrected chi connectivity index (χ3v) is 16.5. The van der Waals surface area contributed by atoms with Crippen molar-refractivity contribution in [2.75, 3.05) is 46.3 Å². The van der Waals surface area contributed by atoms with Gasteiger partial charge in [0.05, 0.1) is 11.0 Å². The molecule has 51 heavy (non-hydrogen) atoms. The fourth-order valence-corrected chi connectivity index (χ4v) is 14.0. The van der Waals surface area contributed by atoms with Crippen molar-refractivity contribution in [2.24, 2.45) is 56.7 Å². The molecular weight excluding hydrogens is 631 g/mol. The van der Waals surface area contributed by atoms with E-state index in [0.717, 1.165) is 96.1 Å². The number of amides is 1. The van der Waals surface area contributed by atoms with Crippen molar-refractivity contribution in [1.82, 2.24) is 15.1 Å². The minimum atomic E-state index is -0.885. The monoisotopic (exact) mass is 693 g/mol. The molecule has 4 saturated carbocycles. The van der Waals surface area contributed by atoms with Gasteiger partial charge in [-0.1, -0.05) is 64.0 Å². The van der Waals surface area contributed by atoms with Gasteiger partial charge in [0.15, 0.2) is 0 Å². The Balaban J connectivity index is 1.17. The molecule has 9 unspecified atom stereocenters. The molecule has 0 radical (unpaired) electrons. The minimum absolute atomic E-state index is 0.00719. The molecule has 0 bridgehead atoms. The lowest BCUT2D eigenvalue weighted by Gasteiger charge is -2.71. The number of terminal acetylenes is 1. The molecule has 2 N–H and O–H groups in total. The van der Waals surface area contributed by atoms with Crippen LogP contribution in [0, 0.1) is 69.0 Å². The number of fused-ring (bicyclic) bond motifs is 7. The molecule has 6 aliphatic rings. The van der Waals surface area contributed by atoms with Crippen LogP contribution in [0.4, 0.5) is 0 Å². The Morgan fingerprint density at radius 2 is 1.67 bits per heavy atom. The highest BCUT2D eigenvalue weighted by atomic mass is 16.4. The summed E-state index contributed by atoms with van der Waals surface area (Å²) in [6.45, 7) is 22.7. The van der Waals surface area contributed by atoms with Crippen molar-refractivity contribution in [3.63, 3.8) is 0 Å². The SMILES string of the molecule is C#CC12CCC3(C(=O)NCCN4CCN(C)CC4)CCC(C(=C)C)C3C1CCC1C3(C)CC=C(c4ccc(C(=O)O)cc4)C(C)(C)C3CCC12C. The zero-order chi connectivity index (χ0) is 36.6. The topological polar surface area (TPSA) is 72.9 Å².